The molecule has 1 aromatic carbocycles. The van der Waals surface area contributed by atoms with E-state index in [-0.39, 0.29) is 11.7 Å². The number of rotatable bonds is 5. The Labute approximate surface area is 106 Å². The maximum Gasteiger partial charge on any atom is 0.236 e. The van der Waals surface area contributed by atoms with Crippen LogP contribution >= 0.6 is 0 Å². The fraction of sp³-hybridized carbons (Fsp3) is 0.167. The molecule has 0 radical (unpaired) electrons. The first kappa shape index (κ1) is 12.5. The molecule has 0 spiro atoms. The Kier molecular flexibility index (Phi) is 3.88. The number of hydrogen-bond donors (Lipinski definition) is 1. The van der Waals surface area contributed by atoms with Gasteiger partial charge in [-0.25, -0.2) is 18.4 Å². The molecule has 2 rings (SSSR count). The van der Waals surface area contributed by atoms with Crippen molar-refractivity contribution in [3.8, 4) is 0 Å². The van der Waals surface area contributed by atoms with Crippen molar-refractivity contribution in [2.45, 2.75) is 6.42 Å². The van der Waals surface area contributed by atoms with Gasteiger partial charge < -0.3 is 0 Å². The topological polar surface area (TPSA) is 72.0 Å². The second-order valence-corrected chi connectivity index (χ2v) is 5.57. The van der Waals surface area contributed by atoms with Crippen LogP contribution in [0.4, 0.5) is 5.95 Å². The number of nitrogens with one attached hydrogen (secondary N) is 1. The predicted molar refractivity (Wildman–Crippen MR) is 69.6 cm³/mol. The lowest BCUT2D eigenvalue weighted by Crippen LogP contribution is -2.19. The molecule has 6 heteroatoms. The van der Waals surface area contributed by atoms with E-state index in [0.29, 0.717) is 6.42 Å². The normalized spacial score (nSPS) is 11.1. The minimum Gasteiger partial charge on any atom is -0.251 e. The Bertz CT molecular complexity index is 585. The van der Waals surface area contributed by atoms with Crippen LogP contribution in [0, 0.1) is 0 Å². The highest BCUT2D eigenvalue weighted by molar-refractivity contribution is 7.92. The number of hydrogen-bond acceptors (Lipinski definition) is 4. The highest BCUT2D eigenvalue weighted by Gasteiger charge is 2.11. The van der Waals surface area contributed by atoms with Gasteiger partial charge in [0.1, 0.15) is 0 Å². The van der Waals surface area contributed by atoms with Crippen LogP contribution in [-0.4, -0.2) is 24.1 Å². The van der Waals surface area contributed by atoms with Gasteiger partial charge in [0.25, 0.3) is 0 Å². The summed E-state index contributed by atoms with van der Waals surface area (Å²) in [7, 11) is -3.41. The first-order valence-corrected chi connectivity index (χ1v) is 7.12. The van der Waals surface area contributed by atoms with Crippen LogP contribution in [0.1, 0.15) is 5.56 Å². The van der Waals surface area contributed by atoms with Crippen molar-refractivity contribution in [3.63, 3.8) is 0 Å². The Morgan fingerprint density at radius 3 is 2.33 bits per heavy atom. The lowest BCUT2D eigenvalue weighted by Gasteiger charge is -2.05. The molecule has 0 saturated heterocycles. The molecule has 0 bridgehead atoms. The lowest BCUT2D eigenvalue weighted by atomic mass is 10.2. The number of nitrogens with zero attached hydrogens (tertiary/aromatic N) is 2. The summed E-state index contributed by atoms with van der Waals surface area (Å²) in [6, 6.07) is 11.1. The number of anilines is 1. The molecule has 1 heterocycles. The zero-order valence-electron chi connectivity index (χ0n) is 9.65. The molecule has 0 aliphatic rings. The summed E-state index contributed by atoms with van der Waals surface area (Å²) < 4.78 is 25.9. The SMILES string of the molecule is O=S(=O)(CCc1ccccc1)Nc1ncccn1. The summed E-state index contributed by atoms with van der Waals surface area (Å²) in [5.41, 5.74) is 0.983. The van der Waals surface area contributed by atoms with E-state index in [4.69, 9.17) is 0 Å². The van der Waals surface area contributed by atoms with Crippen LogP contribution in [0.3, 0.4) is 0 Å². The van der Waals surface area contributed by atoms with E-state index in [9.17, 15) is 8.42 Å². The quantitative estimate of drug-likeness (QED) is 0.886. The summed E-state index contributed by atoms with van der Waals surface area (Å²) in [4.78, 5) is 7.64. The summed E-state index contributed by atoms with van der Waals surface area (Å²) >= 11 is 0. The van der Waals surface area contributed by atoms with Gasteiger partial charge in [-0.2, -0.15) is 0 Å². The molecule has 0 unspecified atom stereocenters. The van der Waals surface area contributed by atoms with Gasteiger partial charge in [0.15, 0.2) is 0 Å². The molecule has 0 aliphatic carbocycles. The van der Waals surface area contributed by atoms with Crippen molar-refractivity contribution in [3.05, 3.63) is 54.4 Å². The third kappa shape index (κ3) is 3.81. The van der Waals surface area contributed by atoms with Gasteiger partial charge in [-0.15, -0.1) is 0 Å². The molecule has 2 aromatic rings. The van der Waals surface area contributed by atoms with Crippen LogP contribution in [0.15, 0.2) is 48.8 Å². The molecule has 0 fully saturated rings. The summed E-state index contributed by atoms with van der Waals surface area (Å²) in [6.07, 6.45) is 3.44. The minimum atomic E-state index is -3.41. The molecular weight excluding hydrogens is 250 g/mol. The molecule has 0 atom stereocenters. The van der Waals surface area contributed by atoms with Gasteiger partial charge in [0, 0.05) is 12.4 Å². The Morgan fingerprint density at radius 1 is 1.00 bits per heavy atom. The standard InChI is InChI=1S/C12H13N3O2S/c16-18(17,15-12-13-8-4-9-14-12)10-7-11-5-2-1-3-6-11/h1-6,8-9H,7,10H2,(H,13,14,15). The molecular formula is C12H13N3O2S. The zero-order chi connectivity index (χ0) is 12.8. The average Bonchev–Trinajstić information content (AvgIpc) is 2.38. The Hall–Kier alpha value is -1.95. The van der Waals surface area contributed by atoms with Crippen LogP contribution < -0.4 is 4.72 Å². The zero-order valence-corrected chi connectivity index (χ0v) is 10.5. The first-order valence-electron chi connectivity index (χ1n) is 5.47. The average molecular weight is 263 g/mol. The van der Waals surface area contributed by atoms with Gasteiger partial charge >= 0.3 is 0 Å². The van der Waals surface area contributed by atoms with Crippen molar-refractivity contribution >= 4 is 16.0 Å². The van der Waals surface area contributed by atoms with Crippen LogP contribution in [0.5, 0.6) is 0 Å². The maximum absolute atomic E-state index is 11.8. The molecule has 0 saturated carbocycles. The van der Waals surface area contributed by atoms with Gasteiger partial charge in [-0.3, -0.25) is 4.72 Å². The highest BCUT2D eigenvalue weighted by atomic mass is 32.2. The predicted octanol–water partition coefficient (Wildman–Crippen LogP) is 1.46. The third-order valence-electron chi connectivity index (χ3n) is 2.31. The first-order chi connectivity index (χ1) is 8.66. The van der Waals surface area contributed by atoms with Gasteiger partial charge in [0.2, 0.25) is 16.0 Å². The van der Waals surface area contributed by atoms with Crippen molar-refractivity contribution in [1.82, 2.24) is 9.97 Å². The van der Waals surface area contributed by atoms with Gasteiger partial charge in [0.05, 0.1) is 5.75 Å². The van der Waals surface area contributed by atoms with Crippen molar-refractivity contribution < 1.29 is 8.42 Å². The molecule has 1 N–H and O–H groups in total. The van der Waals surface area contributed by atoms with E-state index < -0.39 is 10.0 Å². The molecule has 1 aromatic heterocycles. The van der Waals surface area contributed by atoms with E-state index in [1.54, 1.807) is 6.07 Å². The van der Waals surface area contributed by atoms with Crippen LogP contribution in [-0.2, 0) is 16.4 Å². The summed E-state index contributed by atoms with van der Waals surface area (Å²) in [5, 5.41) is 0. The second-order valence-electron chi connectivity index (χ2n) is 3.73. The number of sulfonamides is 1. The second kappa shape index (κ2) is 5.59. The third-order valence-corrected chi connectivity index (χ3v) is 3.55. The largest absolute Gasteiger partial charge is 0.251 e. The summed E-state index contributed by atoms with van der Waals surface area (Å²) in [5.74, 6) is 0.112. The number of aryl methyl sites for hydroxylation is 1. The maximum atomic E-state index is 11.8. The smallest absolute Gasteiger partial charge is 0.236 e. The Balaban J connectivity index is 1.96. The fourth-order valence-electron chi connectivity index (χ4n) is 1.44. The molecule has 5 nitrogen and oxygen atoms in total. The van der Waals surface area contributed by atoms with Crippen molar-refractivity contribution in [2.75, 3.05) is 10.5 Å². The van der Waals surface area contributed by atoms with Gasteiger partial charge in [-0.1, -0.05) is 30.3 Å². The Morgan fingerprint density at radius 2 is 1.67 bits per heavy atom. The number of aromatic nitrogens is 2. The monoisotopic (exact) mass is 263 g/mol. The minimum absolute atomic E-state index is 0.00919. The number of benzene rings is 1. The summed E-state index contributed by atoms with van der Waals surface area (Å²) in [6.45, 7) is 0. The molecule has 0 amide bonds. The van der Waals surface area contributed by atoms with E-state index in [1.807, 2.05) is 30.3 Å². The van der Waals surface area contributed by atoms with Gasteiger partial charge in [-0.05, 0) is 18.1 Å². The van der Waals surface area contributed by atoms with E-state index in [0.717, 1.165) is 5.56 Å². The van der Waals surface area contributed by atoms with E-state index in [1.165, 1.54) is 12.4 Å². The van der Waals surface area contributed by atoms with Crippen molar-refractivity contribution in [2.24, 2.45) is 0 Å². The van der Waals surface area contributed by atoms with Crippen molar-refractivity contribution in [1.29, 1.82) is 0 Å². The van der Waals surface area contributed by atoms with E-state index in [2.05, 4.69) is 14.7 Å². The van der Waals surface area contributed by atoms with Crippen LogP contribution in [0.25, 0.3) is 0 Å². The lowest BCUT2D eigenvalue weighted by molar-refractivity contribution is 0.600. The van der Waals surface area contributed by atoms with Crippen LogP contribution in [0.2, 0.25) is 0 Å². The fourth-order valence-corrected chi connectivity index (χ4v) is 2.43. The molecule has 0 aliphatic heterocycles. The highest BCUT2D eigenvalue weighted by Crippen LogP contribution is 2.04. The van der Waals surface area contributed by atoms with E-state index >= 15 is 0 Å². The molecule has 94 valence electrons. The molecule has 18 heavy (non-hydrogen) atoms.